The van der Waals surface area contributed by atoms with Crippen LogP contribution in [0.15, 0.2) is 97.1 Å². The van der Waals surface area contributed by atoms with E-state index in [-0.39, 0.29) is 0 Å². The first-order chi connectivity index (χ1) is 15.7. The van der Waals surface area contributed by atoms with E-state index in [1.165, 1.54) is 0 Å². The van der Waals surface area contributed by atoms with Gasteiger partial charge >= 0.3 is 0 Å². The van der Waals surface area contributed by atoms with Crippen LogP contribution in [-0.4, -0.2) is 19.2 Å². The monoisotopic (exact) mass is 439 g/mol. The molecule has 158 valence electrons. The number of ether oxygens (including phenoxy) is 2. The van der Waals surface area contributed by atoms with Gasteiger partial charge in [-0.05, 0) is 23.6 Å². The highest BCUT2D eigenvalue weighted by Gasteiger charge is 2.34. The maximum Gasteiger partial charge on any atom is 0.189 e. The van der Waals surface area contributed by atoms with Gasteiger partial charge in [0.15, 0.2) is 18.6 Å². The lowest BCUT2D eigenvalue weighted by molar-refractivity contribution is 0.356. The van der Waals surface area contributed by atoms with E-state index in [2.05, 4.69) is 0 Å². The Bertz CT molecular complexity index is 1420. The molecular weight excluding hydrogens is 417 g/mol. The van der Waals surface area contributed by atoms with Crippen molar-refractivity contribution in [3.05, 3.63) is 97.1 Å². The predicted molar refractivity (Wildman–Crippen MR) is 132 cm³/mol. The Morgan fingerprint density at radius 1 is 0.625 bits per heavy atom. The van der Waals surface area contributed by atoms with Gasteiger partial charge < -0.3 is 14.0 Å². The molecule has 0 aliphatic rings. The van der Waals surface area contributed by atoms with Gasteiger partial charge in [0, 0.05) is 21.4 Å². The summed E-state index contributed by atoms with van der Waals surface area (Å²) in [6.45, 7) is 0. The number of aromatic nitrogens is 1. The van der Waals surface area contributed by atoms with E-state index in [9.17, 15) is 0 Å². The molecule has 0 saturated heterocycles. The van der Waals surface area contributed by atoms with Gasteiger partial charge in [-0.25, -0.2) is 4.98 Å². The molecule has 32 heavy (non-hydrogen) atoms. The van der Waals surface area contributed by atoms with Crippen LogP contribution in [0.2, 0.25) is 0 Å². The van der Waals surface area contributed by atoms with Gasteiger partial charge in [0.05, 0.1) is 19.7 Å². The smallest absolute Gasteiger partial charge is 0.189 e. The van der Waals surface area contributed by atoms with Crippen LogP contribution in [0.25, 0.3) is 21.7 Å². The Morgan fingerprint density at radius 2 is 1.12 bits per heavy atom. The standard InChI is InChI=1S/C27H22NO3P/c1-30-25-17-22-21-15-9-10-16-24(21)28-27(23(22)18-26(25)31-2)32(29,19-11-5-3-6-12-19)20-13-7-4-8-14-20/h3-18H,1-2H3. The molecule has 5 aromatic rings. The second kappa shape index (κ2) is 8.14. The maximum atomic E-state index is 15.1. The zero-order chi connectivity index (χ0) is 22.1. The van der Waals surface area contributed by atoms with Crippen molar-refractivity contribution in [3.8, 4) is 11.5 Å². The second-order valence-electron chi connectivity index (χ2n) is 7.49. The number of para-hydroxylation sites is 1. The van der Waals surface area contributed by atoms with Crippen LogP contribution in [0.3, 0.4) is 0 Å². The zero-order valence-electron chi connectivity index (χ0n) is 17.9. The number of nitrogens with zero attached hydrogens (tertiary/aromatic N) is 1. The molecule has 0 aliphatic heterocycles. The van der Waals surface area contributed by atoms with Crippen LogP contribution in [0, 0.1) is 0 Å². The molecule has 1 heterocycles. The summed E-state index contributed by atoms with van der Waals surface area (Å²) in [5.41, 5.74) is 1.33. The molecule has 4 aromatic carbocycles. The molecule has 0 spiro atoms. The first kappa shape index (κ1) is 20.3. The molecule has 5 rings (SSSR count). The lowest BCUT2D eigenvalue weighted by Gasteiger charge is -2.22. The van der Waals surface area contributed by atoms with Crippen molar-refractivity contribution in [2.24, 2.45) is 0 Å². The number of hydrogen-bond donors (Lipinski definition) is 0. The summed E-state index contributed by atoms with van der Waals surface area (Å²) in [6.07, 6.45) is 0. The third kappa shape index (κ3) is 3.16. The highest BCUT2D eigenvalue weighted by molar-refractivity contribution is 7.85. The first-order valence-electron chi connectivity index (χ1n) is 10.3. The van der Waals surface area contributed by atoms with Crippen LogP contribution >= 0.6 is 7.14 Å². The van der Waals surface area contributed by atoms with Crippen molar-refractivity contribution >= 4 is 44.9 Å². The molecule has 0 bridgehead atoms. The van der Waals surface area contributed by atoms with Gasteiger partial charge in [-0.2, -0.15) is 0 Å². The average molecular weight is 439 g/mol. The average Bonchev–Trinajstić information content (AvgIpc) is 2.87. The second-order valence-corrected chi connectivity index (χ2v) is 10.2. The van der Waals surface area contributed by atoms with Crippen molar-refractivity contribution in [1.29, 1.82) is 0 Å². The molecule has 1 aromatic heterocycles. The predicted octanol–water partition coefficient (Wildman–Crippen LogP) is 5.04. The Kier molecular flexibility index (Phi) is 5.16. The fourth-order valence-corrected chi connectivity index (χ4v) is 6.91. The number of fused-ring (bicyclic) bond motifs is 3. The molecule has 0 aliphatic carbocycles. The molecule has 0 N–H and O–H groups in total. The fraction of sp³-hybridized carbons (Fsp3) is 0.0741. The lowest BCUT2D eigenvalue weighted by atomic mass is 10.1. The van der Waals surface area contributed by atoms with Crippen molar-refractivity contribution in [1.82, 2.24) is 4.98 Å². The van der Waals surface area contributed by atoms with E-state index in [4.69, 9.17) is 14.5 Å². The lowest BCUT2D eigenvalue weighted by Crippen LogP contribution is -2.27. The summed E-state index contributed by atoms with van der Waals surface area (Å²) >= 11 is 0. The summed E-state index contributed by atoms with van der Waals surface area (Å²) in [5, 5.41) is 4.17. The zero-order valence-corrected chi connectivity index (χ0v) is 18.8. The van der Waals surface area contributed by atoms with Crippen LogP contribution in [0.1, 0.15) is 0 Å². The number of pyridine rings is 1. The minimum absolute atomic E-state index is 0.546. The SMILES string of the molecule is COc1cc2c(P(=O)(c3ccccc3)c3ccccc3)nc3ccccc3c2cc1OC. The number of benzene rings is 4. The molecule has 0 amide bonds. The normalized spacial score (nSPS) is 11.6. The van der Waals surface area contributed by atoms with Crippen LogP contribution < -0.4 is 25.5 Å². The molecule has 0 saturated carbocycles. The summed E-state index contributed by atoms with van der Waals surface area (Å²) < 4.78 is 26.3. The highest BCUT2D eigenvalue weighted by Crippen LogP contribution is 2.46. The van der Waals surface area contributed by atoms with Gasteiger partial charge in [0.1, 0.15) is 5.44 Å². The van der Waals surface area contributed by atoms with Crippen LogP contribution in [-0.2, 0) is 4.57 Å². The molecule has 0 unspecified atom stereocenters. The van der Waals surface area contributed by atoms with Gasteiger partial charge in [-0.3, -0.25) is 0 Å². The summed E-state index contributed by atoms with van der Waals surface area (Å²) in [4.78, 5) is 5.00. The van der Waals surface area contributed by atoms with E-state index in [1.54, 1.807) is 14.2 Å². The molecule has 0 radical (unpaired) electrons. The molecule has 5 heteroatoms. The Hall–Kier alpha value is -3.62. The van der Waals surface area contributed by atoms with Crippen LogP contribution in [0.5, 0.6) is 11.5 Å². The number of methoxy groups -OCH3 is 2. The molecule has 0 atom stereocenters. The third-order valence-corrected chi connectivity index (χ3v) is 8.71. The number of hydrogen-bond acceptors (Lipinski definition) is 4. The van der Waals surface area contributed by atoms with Crippen molar-refractivity contribution < 1.29 is 14.0 Å². The minimum Gasteiger partial charge on any atom is -0.493 e. The van der Waals surface area contributed by atoms with E-state index in [1.807, 2.05) is 97.1 Å². The largest absolute Gasteiger partial charge is 0.493 e. The molecular formula is C27H22NO3P. The topological polar surface area (TPSA) is 48.4 Å². The Morgan fingerprint density at radius 3 is 1.69 bits per heavy atom. The van der Waals surface area contributed by atoms with Crippen molar-refractivity contribution in [2.45, 2.75) is 0 Å². The minimum atomic E-state index is -3.29. The van der Waals surface area contributed by atoms with Crippen molar-refractivity contribution in [3.63, 3.8) is 0 Å². The van der Waals surface area contributed by atoms with E-state index < -0.39 is 7.14 Å². The van der Waals surface area contributed by atoms with Gasteiger partial charge in [-0.15, -0.1) is 0 Å². The number of rotatable bonds is 5. The summed E-state index contributed by atoms with van der Waals surface area (Å²) in [5.74, 6) is 1.20. The molecule has 0 fully saturated rings. The Labute approximate surface area is 186 Å². The van der Waals surface area contributed by atoms with E-state index >= 15 is 4.57 Å². The Balaban J connectivity index is 1.97. The maximum absolute atomic E-state index is 15.1. The molecule has 4 nitrogen and oxygen atoms in total. The van der Waals surface area contributed by atoms with Gasteiger partial charge in [0.25, 0.3) is 0 Å². The fourth-order valence-electron chi connectivity index (χ4n) is 4.17. The van der Waals surface area contributed by atoms with Gasteiger partial charge in [0.2, 0.25) is 0 Å². The van der Waals surface area contributed by atoms with E-state index in [0.717, 1.165) is 32.3 Å². The van der Waals surface area contributed by atoms with E-state index in [0.29, 0.717) is 16.9 Å². The third-order valence-electron chi connectivity index (χ3n) is 5.72. The quantitative estimate of drug-likeness (QED) is 0.284. The van der Waals surface area contributed by atoms with Gasteiger partial charge in [-0.1, -0.05) is 78.9 Å². The summed E-state index contributed by atoms with van der Waals surface area (Å²) in [7, 11) is -0.0668. The highest BCUT2D eigenvalue weighted by atomic mass is 31.2. The summed E-state index contributed by atoms with van der Waals surface area (Å²) in [6, 6.07) is 30.9. The van der Waals surface area contributed by atoms with Crippen LogP contribution in [0.4, 0.5) is 0 Å². The van der Waals surface area contributed by atoms with Crippen molar-refractivity contribution in [2.75, 3.05) is 14.2 Å². The first-order valence-corrected chi connectivity index (χ1v) is 12.0.